The Morgan fingerprint density at radius 1 is 1.37 bits per heavy atom. The molecule has 2 heterocycles. The third-order valence-electron chi connectivity index (χ3n) is 4.09. The molecule has 0 amide bonds. The van der Waals surface area contributed by atoms with Crippen molar-refractivity contribution >= 4 is 5.82 Å². The van der Waals surface area contributed by atoms with Gasteiger partial charge in [0.1, 0.15) is 17.3 Å². The van der Waals surface area contributed by atoms with Crippen LogP contribution in [-0.4, -0.2) is 9.55 Å². The molecule has 3 rings (SSSR count). The summed E-state index contributed by atoms with van der Waals surface area (Å²) in [5.41, 5.74) is 9.83. The van der Waals surface area contributed by atoms with E-state index >= 15 is 0 Å². The van der Waals surface area contributed by atoms with Crippen LogP contribution in [0.3, 0.4) is 0 Å². The number of nitrogens with two attached hydrogens (primary N) is 1. The first-order valence-corrected chi connectivity index (χ1v) is 7.13. The van der Waals surface area contributed by atoms with Gasteiger partial charge in [-0.3, -0.25) is 0 Å². The predicted octanol–water partition coefficient (Wildman–Crippen LogP) is 3.28. The van der Waals surface area contributed by atoms with Gasteiger partial charge in [-0.05, 0) is 24.3 Å². The second kappa shape index (κ2) is 4.72. The summed E-state index contributed by atoms with van der Waals surface area (Å²) in [6, 6.07) is 8.44. The van der Waals surface area contributed by atoms with Gasteiger partial charge in [-0.1, -0.05) is 38.1 Å². The van der Waals surface area contributed by atoms with Crippen molar-refractivity contribution in [2.45, 2.75) is 39.7 Å². The summed E-state index contributed by atoms with van der Waals surface area (Å²) in [7, 11) is 0. The minimum Gasteiger partial charge on any atom is -0.383 e. The Morgan fingerprint density at radius 3 is 2.95 bits per heavy atom. The maximum absolute atomic E-state index is 6.34. The number of benzene rings is 1. The molecule has 3 heteroatoms. The largest absolute Gasteiger partial charge is 0.383 e. The Kier molecular flexibility index (Phi) is 3.05. The number of hydrogen-bond donors (Lipinski definition) is 1. The van der Waals surface area contributed by atoms with Crippen LogP contribution in [0.1, 0.15) is 31.7 Å². The lowest BCUT2D eigenvalue weighted by atomic mass is 10.0. The number of rotatable bonds is 2. The summed E-state index contributed by atoms with van der Waals surface area (Å²) in [6.45, 7) is 5.46. The summed E-state index contributed by atoms with van der Waals surface area (Å²) in [4.78, 5) is 4.80. The van der Waals surface area contributed by atoms with Gasteiger partial charge in [0.2, 0.25) is 0 Å². The van der Waals surface area contributed by atoms with Crippen molar-refractivity contribution in [2.24, 2.45) is 5.92 Å². The smallest absolute Gasteiger partial charge is 0.131 e. The number of fused-ring (bicyclic) bond motifs is 1. The molecule has 0 spiro atoms. The van der Waals surface area contributed by atoms with Crippen molar-refractivity contribution in [1.82, 2.24) is 9.55 Å². The summed E-state index contributed by atoms with van der Waals surface area (Å²) < 4.78 is 2.20. The van der Waals surface area contributed by atoms with Gasteiger partial charge < -0.3 is 10.3 Å². The minimum absolute atomic E-state index is 0.693. The molecule has 3 nitrogen and oxygen atoms in total. The van der Waals surface area contributed by atoms with Crippen LogP contribution in [0.25, 0.3) is 11.3 Å². The summed E-state index contributed by atoms with van der Waals surface area (Å²) >= 11 is 0. The van der Waals surface area contributed by atoms with Crippen LogP contribution in [0.4, 0.5) is 5.82 Å². The molecule has 100 valence electrons. The molecule has 19 heavy (non-hydrogen) atoms. The maximum atomic E-state index is 6.34. The fourth-order valence-electron chi connectivity index (χ4n) is 2.94. The van der Waals surface area contributed by atoms with E-state index in [4.69, 9.17) is 10.7 Å². The van der Waals surface area contributed by atoms with E-state index < -0.39 is 0 Å². The number of anilines is 1. The van der Waals surface area contributed by atoms with Crippen molar-refractivity contribution in [2.75, 3.05) is 5.73 Å². The first-order chi connectivity index (χ1) is 9.20. The molecule has 1 aliphatic rings. The molecular weight excluding hydrogens is 234 g/mol. The minimum atomic E-state index is 0.693. The van der Waals surface area contributed by atoms with E-state index in [9.17, 15) is 0 Å². The quantitative estimate of drug-likeness (QED) is 0.895. The van der Waals surface area contributed by atoms with E-state index in [0.717, 1.165) is 36.7 Å². The van der Waals surface area contributed by atoms with E-state index in [-0.39, 0.29) is 0 Å². The highest BCUT2D eigenvalue weighted by Crippen LogP contribution is 2.32. The molecule has 2 aromatic rings. The molecule has 0 aliphatic carbocycles. The van der Waals surface area contributed by atoms with Crippen molar-refractivity contribution in [3.8, 4) is 11.3 Å². The molecule has 2 N–H and O–H groups in total. The van der Waals surface area contributed by atoms with Gasteiger partial charge in [0, 0.05) is 18.5 Å². The zero-order valence-corrected chi connectivity index (χ0v) is 11.7. The van der Waals surface area contributed by atoms with Crippen LogP contribution in [-0.2, 0) is 19.4 Å². The van der Waals surface area contributed by atoms with Gasteiger partial charge in [0.05, 0.1) is 0 Å². The average molecular weight is 255 g/mol. The van der Waals surface area contributed by atoms with Crippen LogP contribution in [0.15, 0.2) is 24.3 Å². The van der Waals surface area contributed by atoms with E-state index in [0.29, 0.717) is 5.92 Å². The van der Waals surface area contributed by atoms with E-state index in [1.54, 1.807) is 0 Å². The van der Waals surface area contributed by atoms with Crippen molar-refractivity contribution in [1.29, 1.82) is 0 Å². The van der Waals surface area contributed by atoms with Crippen molar-refractivity contribution < 1.29 is 0 Å². The third kappa shape index (κ3) is 2.03. The van der Waals surface area contributed by atoms with Crippen molar-refractivity contribution in [3.05, 3.63) is 35.7 Å². The standard InChI is InChI=1S/C16H21N3/c1-3-12-6-4-5-7-13(12)15-16(17)19-10-11(2)8-9-14(19)18-15/h4-7,11H,3,8-10,17H2,1-2H3. The molecular formula is C16H21N3. The maximum Gasteiger partial charge on any atom is 0.131 e. The molecule has 0 radical (unpaired) electrons. The Hall–Kier alpha value is -1.77. The van der Waals surface area contributed by atoms with Gasteiger partial charge in [0.25, 0.3) is 0 Å². The topological polar surface area (TPSA) is 43.8 Å². The second-order valence-corrected chi connectivity index (χ2v) is 5.53. The van der Waals surface area contributed by atoms with Gasteiger partial charge >= 0.3 is 0 Å². The second-order valence-electron chi connectivity index (χ2n) is 5.53. The number of aryl methyl sites for hydroxylation is 2. The first-order valence-electron chi connectivity index (χ1n) is 7.13. The highest BCUT2D eigenvalue weighted by atomic mass is 15.1. The van der Waals surface area contributed by atoms with E-state index in [1.165, 1.54) is 17.5 Å². The Bertz CT molecular complexity index is 598. The molecule has 1 aliphatic heterocycles. The number of imidazole rings is 1. The Labute approximate surface area is 114 Å². The summed E-state index contributed by atoms with van der Waals surface area (Å²) in [5.74, 6) is 2.68. The zero-order chi connectivity index (χ0) is 13.4. The van der Waals surface area contributed by atoms with Gasteiger partial charge in [0.15, 0.2) is 0 Å². The number of nitrogen functional groups attached to an aromatic ring is 1. The van der Waals surface area contributed by atoms with Crippen LogP contribution in [0, 0.1) is 5.92 Å². The molecule has 0 bridgehead atoms. The summed E-state index contributed by atoms with van der Waals surface area (Å²) in [5, 5.41) is 0. The van der Waals surface area contributed by atoms with E-state index in [2.05, 4.69) is 42.7 Å². The normalized spacial score (nSPS) is 18.3. The summed E-state index contributed by atoms with van der Waals surface area (Å²) in [6.07, 6.45) is 3.26. The van der Waals surface area contributed by atoms with Crippen LogP contribution < -0.4 is 5.73 Å². The SMILES string of the molecule is CCc1ccccc1-c1nc2n(c1N)CC(C)CC2. The molecule has 1 atom stereocenters. The highest BCUT2D eigenvalue weighted by Gasteiger charge is 2.22. The Balaban J connectivity index is 2.11. The molecule has 0 saturated carbocycles. The molecule has 1 unspecified atom stereocenters. The average Bonchev–Trinajstić information content (AvgIpc) is 2.76. The van der Waals surface area contributed by atoms with Crippen LogP contribution in [0.2, 0.25) is 0 Å². The third-order valence-corrected chi connectivity index (χ3v) is 4.09. The Morgan fingerprint density at radius 2 is 2.16 bits per heavy atom. The molecule has 1 aromatic carbocycles. The lowest BCUT2D eigenvalue weighted by Gasteiger charge is -2.20. The number of aromatic nitrogens is 2. The monoisotopic (exact) mass is 255 g/mol. The van der Waals surface area contributed by atoms with Gasteiger partial charge in [-0.15, -0.1) is 0 Å². The lowest BCUT2D eigenvalue weighted by molar-refractivity contribution is 0.397. The molecule has 0 fully saturated rings. The number of nitrogens with zero attached hydrogens (tertiary/aromatic N) is 2. The molecule has 0 saturated heterocycles. The lowest BCUT2D eigenvalue weighted by Crippen LogP contribution is -2.19. The zero-order valence-electron chi connectivity index (χ0n) is 11.7. The predicted molar refractivity (Wildman–Crippen MR) is 78.9 cm³/mol. The number of hydrogen-bond acceptors (Lipinski definition) is 2. The highest BCUT2D eigenvalue weighted by molar-refractivity contribution is 5.74. The van der Waals surface area contributed by atoms with E-state index in [1.807, 2.05) is 0 Å². The fraction of sp³-hybridized carbons (Fsp3) is 0.438. The molecule has 1 aromatic heterocycles. The van der Waals surface area contributed by atoms with Crippen LogP contribution >= 0.6 is 0 Å². The van der Waals surface area contributed by atoms with Gasteiger partial charge in [-0.2, -0.15) is 0 Å². The fourth-order valence-corrected chi connectivity index (χ4v) is 2.94. The van der Waals surface area contributed by atoms with Gasteiger partial charge in [-0.25, -0.2) is 4.98 Å². The van der Waals surface area contributed by atoms with Crippen LogP contribution in [0.5, 0.6) is 0 Å². The first kappa shape index (κ1) is 12.3. The van der Waals surface area contributed by atoms with Crippen molar-refractivity contribution in [3.63, 3.8) is 0 Å².